The predicted molar refractivity (Wildman–Crippen MR) is 56.2 cm³/mol. The van der Waals surface area contributed by atoms with E-state index in [1.807, 2.05) is 0 Å². The lowest BCUT2D eigenvalue weighted by atomic mass is 9.91. The molecule has 0 aromatic rings. The minimum absolute atomic E-state index is 0. The fourth-order valence-corrected chi connectivity index (χ4v) is 1.99. The molecule has 78 valence electrons. The van der Waals surface area contributed by atoms with Gasteiger partial charge in [-0.3, -0.25) is 4.79 Å². The smallest absolute Gasteiger partial charge is 0.240 e. The second-order valence-corrected chi connectivity index (χ2v) is 3.44. The Morgan fingerprint density at radius 2 is 2.31 bits per heavy atom. The molecule has 1 aliphatic rings. The maximum Gasteiger partial charge on any atom is 0.240 e. The van der Waals surface area contributed by atoms with Gasteiger partial charge in [-0.15, -0.1) is 12.4 Å². The molecule has 0 aromatic heterocycles. The van der Waals surface area contributed by atoms with Crippen molar-refractivity contribution in [1.82, 2.24) is 10.6 Å². The molecule has 0 spiro atoms. The molecule has 0 saturated carbocycles. The standard InChI is InChI=1S/C9H18N2O.ClH/c1-3-5-9(8(12)10-2)6-4-7-11-9;/h11H,3-7H2,1-2H3,(H,10,12);1H. The molecule has 1 aliphatic heterocycles. The van der Waals surface area contributed by atoms with Crippen molar-refractivity contribution in [3.05, 3.63) is 0 Å². The van der Waals surface area contributed by atoms with Crippen molar-refractivity contribution < 1.29 is 4.79 Å². The van der Waals surface area contributed by atoms with Gasteiger partial charge in [-0.1, -0.05) is 13.3 Å². The number of carbonyl (C=O) groups is 1. The lowest BCUT2D eigenvalue weighted by molar-refractivity contribution is -0.126. The van der Waals surface area contributed by atoms with E-state index < -0.39 is 0 Å². The van der Waals surface area contributed by atoms with Crippen LogP contribution < -0.4 is 10.6 Å². The van der Waals surface area contributed by atoms with E-state index in [-0.39, 0.29) is 23.9 Å². The van der Waals surface area contributed by atoms with Gasteiger partial charge >= 0.3 is 0 Å². The monoisotopic (exact) mass is 206 g/mol. The fraction of sp³-hybridized carbons (Fsp3) is 0.889. The second-order valence-electron chi connectivity index (χ2n) is 3.44. The topological polar surface area (TPSA) is 41.1 Å². The first-order valence-electron chi connectivity index (χ1n) is 4.72. The van der Waals surface area contributed by atoms with Crippen molar-refractivity contribution in [1.29, 1.82) is 0 Å². The number of nitrogens with one attached hydrogen (secondary N) is 2. The number of rotatable bonds is 3. The Morgan fingerprint density at radius 3 is 2.69 bits per heavy atom. The summed E-state index contributed by atoms with van der Waals surface area (Å²) in [6.45, 7) is 3.10. The van der Waals surface area contributed by atoms with E-state index in [4.69, 9.17) is 0 Å². The van der Waals surface area contributed by atoms with E-state index in [0.717, 1.165) is 32.2 Å². The van der Waals surface area contributed by atoms with Gasteiger partial charge < -0.3 is 10.6 Å². The van der Waals surface area contributed by atoms with Crippen LogP contribution in [0, 0.1) is 0 Å². The zero-order valence-corrected chi connectivity index (χ0v) is 9.17. The zero-order chi connectivity index (χ0) is 9.03. The Balaban J connectivity index is 0.00000144. The predicted octanol–water partition coefficient (Wildman–Crippen LogP) is 1.08. The first-order valence-corrected chi connectivity index (χ1v) is 4.72. The molecule has 1 fully saturated rings. The summed E-state index contributed by atoms with van der Waals surface area (Å²) in [5, 5.41) is 6.04. The van der Waals surface area contributed by atoms with Gasteiger partial charge in [-0.25, -0.2) is 0 Å². The van der Waals surface area contributed by atoms with Crippen LogP contribution in [-0.4, -0.2) is 25.0 Å². The molecule has 1 saturated heterocycles. The Bertz CT molecular complexity index is 167. The quantitative estimate of drug-likeness (QED) is 0.726. The van der Waals surface area contributed by atoms with E-state index in [1.54, 1.807) is 7.05 Å². The largest absolute Gasteiger partial charge is 0.358 e. The number of likely N-dealkylation sites (N-methyl/N-ethyl adjacent to an activating group) is 1. The maximum absolute atomic E-state index is 11.6. The summed E-state index contributed by atoms with van der Waals surface area (Å²) in [7, 11) is 1.71. The highest BCUT2D eigenvalue weighted by atomic mass is 35.5. The highest BCUT2D eigenvalue weighted by Gasteiger charge is 2.38. The van der Waals surface area contributed by atoms with Crippen LogP contribution in [0.15, 0.2) is 0 Å². The van der Waals surface area contributed by atoms with Crippen LogP contribution in [-0.2, 0) is 4.79 Å². The summed E-state index contributed by atoms with van der Waals surface area (Å²) < 4.78 is 0. The molecule has 4 heteroatoms. The van der Waals surface area contributed by atoms with Crippen molar-refractivity contribution in [3.8, 4) is 0 Å². The summed E-state index contributed by atoms with van der Waals surface area (Å²) in [5.41, 5.74) is -0.247. The molecule has 0 bridgehead atoms. The molecule has 1 heterocycles. The minimum atomic E-state index is -0.247. The third-order valence-corrected chi connectivity index (χ3v) is 2.58. The van der Waals surface area contributed by atoms with Crippen molar-refractivity contribution in [2.45, 2.75) is 38.1 Å². The average Bonchev–Trinajstić information content (AvgIpc) is 2.53. The number of halogens is 1. The van der Waals surface area contributed by atoms with Gasteiger partial charge in [0, 0.05) is 7.05 Å². The van der Waals surface area contributed by atoms with Gasteiger partial charge in [0.05, 0.1) is 5.54 Å². The number of hydrogen-bond donors (Lipinski definition) is 2. The minimum Gasteiger partial charge on any atom is -0.358 e. The van der Waals surface area contributed by atoms with Crippen molar-refractivity contribution in [2.24, 2.45) is 0 Å². The summed E-state index contributed by atoms with van der Waals surface area (Å²) in [5.74, 6) is 0.154. The number of hydrogen-bond acceptors (Lipinski definition) is 2. The van der Waals surface area contributed by atoms with Crippen LogP contribution in [0.25, 0.3) is 0 Å². The molecule has 0 aliphatic carbocycles. The van der Waals surface area contributed by atoms with Crippen LogP contribution in [0.5, 0.6) is 0 Å². The third kappa shape index (κ3) is 2.58. The summed E-state index contributed by atoms with van der Waals surface area (Å²) >= 11 is 0. The molecule has 2 N–H and O–H groups in total. The summed E-state index contributed by atoms with van der Waals surface area (Å²) in [6, 6.07) is 0. The summed E-state index contributed by atoms with van der Waals surface area (Å²) in [6.07, 6.45) is 4.11. The molecular weight excluding hydrogens is 188 g/mol. The molecule has 1 rings (SSSR count). The first kappa shape index (κ1) is 12.7. The Hall–Kier alpha value is -0.280. The average molecular weight is 207 g/mol. The third-order valence-electron chi connectivity index (χ3n) is 2.58. The second kappa shape index (κ2) is 5.45. The highest BCUT2D eigenvalue weighted by Crippen LogP contribution is 2.24. The Kier molecular flexibility index (Phi) is 5.33. The Morgan fingerprint density at radius 1 is 1.62 bits per heavy atom. The van der Waals surface area contributed by atoms with Gasteiger partial charge in [0.15, 0.2) is 0 Å². The molecule has 0 radical (unpaired) electrons. The van der Waals surface area contributed by atoms with E-state index >= 15 is 0 Å². The molecule has 13 heavy (non-hydrogen) atoms. The van der Waals surface area contributed by atoms with Gasteiger partial charge in [0.25, 0.3) is 0 Å². The van der Waals surface area contributed by atoms with Crippen LogP contribution in [0.3, 0.4) is 0 Å². The van der Waals surface area contributed by atoms with Gasteiger partial charge in [-0.2, -0.15) is 0 Å². The lowest BCUT2D eigenvalue weighted by Crippen LogP contribution is -2.52. The lowest BCUT2D eigenvalue weighted by Gasteiger charge is -2.26. The van der Waals surface area contributed by atoms with Gasteiger partial charge in [0.2, 0.25) is 5.91 Å². The molecular formula is C9H19ClN2O. The summed E-state index contributed by atoms with van der Waals surface area (Å²) in [4.78, 5) is 11.6. The Labute approximate surface area is 86.1 Å². The highest BCUT2D eigenvalue weighted by molar-refractivity contribution is 5.86. The van der Waals surface area contributed by atoms with Crippen molar-refractivity contribution >= 4 is 18.3 Å². The van der Waals surface area contributed by atoms with E-state index in [9.17, 15) is 4.79 Å². The van der Waals surface area contributed by atoms with Crippen LogP contribution in [0.1, 0.15) is 32.6 Å². The van der Waals surface area contributed by atoms with Crippen molar-refractivity contribution in [2.75, 3.05) is 13.6 Å². The van der Waals surface area contributed by atoms with E-state index in [0.29, 0.717) is 0 Å². The van der Waals surface area contributed by atoms with E-state index in [2.05, 4.69) is 17.6 Å². The van der Waals surface area contributed by atoms with E-state index in [1.165, 1.54) is 0 Å². The van der Waals surface area contributed by atoms with Gasteiger partial charge in [0.1, 0.15) is 0 Å². The van der Waals surface area contributed by atoms with Gasteiger partial charge in [-0.05, 0) is 25.8 Å². The van der Waals surface area contributed by atoms with Crippen LogP contribution in [0.2, 0.25) is 0 Å². The van der Waals surface area contributed by atoms with Crippen LogP contribution >= 0.6 is 12.4 Å². The molecule has 0 aromatic carbocycles. The molecule has 1 amide bonds. The first-order chi connectivity index (χ1) is 5.75. The fourth-order valence-electron chi connectivity index (χ4n) is 1.99. The number of carbonyl (C=O) groups excluding carboxylic acids is 1. The number of amides is 1. The van der Waals surface area contributed by atoms with Crippen molar-refractivity contribution in [3.63, 3.8) is 0 Å². The SMILES string of the molecule is CCCC1(C(=O)NC)CCCN1.Cl. The molecule has 3 nitrogen and oxygen atoms in total. The zero-order valence-electron chi connectivity index (χ0n) is 8.35. The molecule has 1 unspecified atom stereocenters. The normalized spacial score (nSPS) is 26.6. The maximum atomic E-state index is 11.6. The van der Waals surface area contributed by atoms with Crippen LogP contribution in [0.4, 0.5) is 0 Å². The molecule has 1 atom stereocenters.